The van der Waals surface area contributed by atoms with Crippen molar-refractivity contribution in [3.63, 3.8) is 0 Å². The second-order valence-electron chi connectivity index (χ2n) is 8.91. The van der Waals surface area contributed by atoms with E-state index in [0.29, 0.717) is 37.6 Å². The molecule has 0 bridgehead atoms. The number of pyridine rings is 1. The fraction of sp³-hybridized carbons (Fsp3) is 0.348. The lowest BCUT2D eigenvalue weighted by Gasteiger charge is -2.35. The SMILES string of the molecule is CC(C)(C)OC(=O)N1CCN(C(=O)c2cc3cc(Oc4ccc([N+](=O)[O-])cn4)ccc3[nH]2)CC1. The van der Waals surface area contributed by atoms with Crippen molar-refractivity contribution in [2.24, 2.45) is 0 Å². The molecule has 3 heterocycles. The number of H-pyrrole nitrogens is 1. The number of carbonyl (C=O) groups is 2. The van der Waals surface area contributed by atoms with E-state index in [2.05, 4.69) is 9.97 Å². The van der Waals surface area contributed by atoms with Crippen LogP contribution in [0.2, 0.25) is 0 Å². The van der Waals surface area contributed by atoms with E-state index in [0.717, 1.165) is 17.1 Å². The molecular formula is C23H25N5O6. The van der Waals surface area contributed by atoms with Gasteiger partial charge in [-0.15, -0.1) is 0 Å². The summed E-state index contributed by atoms with van der Waals surface area (Å²) in [5.41, 5.74) is 0.514. The van der Waals surface area contributed by atoms with E-state index in [-0.39, 0.29) is 23.6 Å². The molecular weight excluding hydrogens is 442 g/mol. The van der Waals surface area contributed by atoms with Gasteiger partial charge >= 0.3 is 6.09 Å². The van der Waals surface area contributed by atoms with Crippen LogP contribution in [0.5, 0.6) is 11.6 Å². The first-order valence-corrected chi connectivity index (χ1v) is 10.8. The predicted molar refractivity (Wildman–Crippen MR) is 123 cm³/mol. The number of nitro groups is 1. The number of hydrogen-bond acceptors (Lipinski definition) is 7. The van der Waals surface area contributed by atoms with Crippen LogP contribution < -0.4 is 4.74 Å². The number of ether oxygens (including phenoxy) is 2. The predicted octanol–water partition coefficient (Wildman–Crippen LogP) is 3.96. The minimum absolute atomic E-state index is 0.122. The van der Waals surface area contributed by atoms with Gasteiger partial charge in [0.05, 0.1) is 4.92 Å². The Morgan fingerprint density at radius 3 is 2.38 bits per heavy atom. The van der Waals surface area contributed by atoms with Crippen molar-refractivity contribution in [2.75, 3.05) is 26.2 Å². The first-order valence-electron chi connectivity index (χ1n) is 10.8. The highest BCUT2D eigenvalue weighted by Gasteiger charge is 2.28. The number of fused-ring (bicyclic) bond motifs is 1. The van der Waals surface area contributed by atoms with Gasteiger partial charge < -0.3 is 24.3 Å². The van der Waals surface area contributed by atoms with Gasteiger partial charge in [0.15, 0.2) is 0 Å². The number of aromatic amines is 1. The first kappa shape index (κ1) is 23.0. The number of nitrogens with one attached hydrogen (secondary N) is 1. The summed E-state index contributed by atoms with van der Waals surface area (Å²) in [4.78, 5) is 45.8. The molecule has 1 fully saturated rings. The van der Waals surface area contributed by atoms with Gasteiger partial charge in [0, 0.05) is 49.2 Å². The molecule has 1 aliphatic heterocycles. The van der Waals surface area contributed by atoms with Crippen molar-refractivity contribution in [3.05, 3.63) is 58.4 Å². The van der Waals surface area contributed by atoms with E-state index >= 15 is 0 Å². The largest absolute Gasteiger partial charge is 0.444 e. The zero-order valence-corrected chi connectivity index (χ0v) is 19.1. The summed E-state index contributed by atoms with van der Waals surface area (Å²) >= 11 is 0. The smallest absolute Gasteiger partial charge is 0.410 e. The zero-order valence-electron chi connectivity index (χ0n) is 19.1. The molecule has 178 valence electrons. The lowest BCUT2D eigenvalue weighted by molar-refractivity contribution is -0.385. The molecule has 0 unspecified atom stereocenters. The highest BCUT2D eigenvalue weighted by Crippen LogP contribution is 2.26. The molecule has 1 saturated heterocycles. The molecule has 34 heavy (non-hydrogen) atoms. The van der Waals surface area contributed by atoms with Crippen molar-refractivity contribution in [1.29, 1.82) is 0 Å². The van der Waals surface area contributed by atoms with Crippen molar-refractivity contribution in [1.82, 2.24) is 19.8 Å². The molecule has 11 heteroatoms. The van der Waals surface area contributed by atoms with Gasteiger partial charge in [-0.3, -0.25) is 14.9 Å². The Hall–Kier alpha value is -4.15. The summed E-state index contributed by atoms with van der Waals surface area (Å²) in [6.07, 6.45) is 0.754. The minimum atomic E-state index is -0.564. The highest BCUT2D eigenvalue weighted by atomic mass is 16.6. The third-order valence-electron chi connectivity index (χ3n) is 5.20. The van der Waals surface area contributed by atoms with Crippen LogP contribution in [0.25, 0.3) is 10.9 Å². The van der Waals surface area contributed by atoms with Crippen LogP contribution >= 0.6 is 0 Å². The molecule has 1 aromatic carbocycles. The van der Waals surface area contributed by atoms with Gasteiger partial charge in [0.2, 0.25) is 5.88 Å². The summed E-state index contributed by atoms with van der Waals surface area (Å²) in [5.74, 6) is 0.553. The molecule has 0 spiro atoms. The second kappa shape index (κ2) is 9.00. The average molecular weight is 467 g/mol. The van der Waals surface area contributed by atoms with Crippen molar-refractivity contribution < 1.29 is 24.0 Å². The van der Waals surface area contributed by atoms with E-state index in [4.69, 9.17) is 9.47 Å². The Balaban J connectivity index is 1.40. The molecule has 0 aliphatic carbocycles. The molecule has 3 aromatic rings. The number of amides is 2. The van der Waals surface area contributed by atoms with Crippen LogP contribution in [-0.4, -0.2) is 68.5 Å². The summed E-state index contributed by atoms with van der Waals surface area (Å²) in [6, 6.07) is 9.74. The number of nitrogens with zero attached hydrogens (tertiary/aromatic N) is 4. The fourth-order valence-corrected chi connectivity index (χ4v) is 3.54. The molecule has 0 radical (unpaired) electrons. The van der Waals surface area contributed by atoms with E-state index in [9.17, 15) is 19.7 Å². The second-order valence-corrected chi connectivity index (χ2v) is 8.91. The summed E-state index contributed by atoms with van der Waals surface area (Å²) in [6.45, 7) is 7.09. The van der Waals surface area contributed by atoms with Gasteiger partial charge in [-0.1, -0.05) is 0 Å². The minimum Gasteiger partial charge on any atom is -0.444 e. The lowest BCUT2D eigenvalue weighted by atomic mass is 10.2. The van der Waals surface area contributed by atoms with Crippen molar-refractivity contribution >= 4 is 28.6 Å². The van der Waals surface area contributed by atoms with Crippen LogP contribution in [0.15, 0.2) is 42.6 Å². The van der Waals surface area contributed by atoms with Gasteiger partial charge in [0.1, 0.15) is 23.2 Å². The standard InChI is InChI=1S/C23H25N5O6/c1-23(2,3)34-22(30)27-10-8-26(9-11-27)21(29)19-13-15-12-17(5-6-18(15)25-19)33-20-7-4-16(14-24-20)28(31)32/h4-7,12-14,25H,8-11H2,1-3H3. The molecule has 1 aliphatic rings. The molecule has 0 saturated carbocycles. The number of benzene rings is 1. The van der Waals surface area contributed by atoms with Crippen molar-refractivity contribution in [3.8, 4) is 11.6 Å². The highest BCUT2D eigenvalue weighted by molar-refractivity contribution is 5.98. The third-order valence-corrected chi connectivity index (χ3v) is 5.20. The van der Waals surface area contributed by atoms with E-state index in [1.54, 1.807) is 34.1 Å². The lowest BCUT2D eigenvalue weighted by Crippen LogP contribution is -2.51. The van der Waals surface area contributed by atoms with Gasteiger partial charge in [-0.05, 0) is 45.0 Å². The summed E-state index contributed by atoms with van der Waals surface area (Å²) < 4.78 is 11.1. The Kier molecular flexibility index (Phi) is 6.10. The van der Waals surface area contributed by atoms with Crippen LogP contribution in [0.1, 0.15) is 31.3 Å². The molecule has 4 rings (SSSR count). The van der Waals surface area contributed by atoms with Crippen LogP contribution in [-0.2, 0) is 4.74 Å². The molecule has 11 nitrogen and oxygen atoms in total. The van der Waals surface area contributed by atoms with E-state index in [1.807, 2.05) is 20.8 Å². The Labute approximate surface area is 195 Å². The molecule has 1 N–H and O–H groups in total. The number of hydrogen-bond donors (Lipinski definition) is 1. The third kappa shape index (κ3) is 5.25. The monoisotopic (exact) mass is 467 g/mol. The maximum Gasteiger partial charge on any atom is 0.410 e. The van der Waals surface area contributed by atoms with E-state index < -0.39 is 10.5 Å². The maximum atomic E-state index is 13.0. The quantitative estimate of drug-likeness (QED) is 0.454. The van der Waals surface area contributed by atoms with Gasteiger partial charge in [0.25, 0.3) is 11.6 Å². The topological polar surface area (TPSA) is 131 Å². The number of aromatic nitrogens is 2. The van der Waals surface area contributed by atoms with Gasteiger partial charge in [-0.25, -0.2) is 9.78 Å². The Bertz CT molecular complexity index is 1220. The Morgan fingerprint density at radius 1 is 1.06 bits per heavy atom. The number of piperazine rings is 1. The summed E-state index contributed by atoms with van der Waals surface area (Å²) in [5, 5.41) is 11.5. The van der Waals surface area contributed by atoms with E-state index in [1.165, 1.54) is 12.1 Å². The average Bonchev–Trinajstić information content (AvgIpc) is 3.21. The molecule has 2 aromatic heterocycles. The van der Waals surface area contributed by atoms with Crippen LogP contribution in [0.3, 0.4) is 0 Å². The summed E-state index contributed by atoms with van der Waals surface area (Å²) in [7, 11) is 0. The molecule has 2 amide bonds. The number of carbonyl (C=O) groups excluding carboxylic acids is 2. The maximum absolute atomic E-state index is 13.0. The fourth-order valence-electron chi connectivity index (χ4n) is 3.54. The van der Waals surface area contributed by atoms with Crippen LogP contribution in [0.4, 0.5) is 10.5 Å². The van der Waals surface area contributed by atoms with Crippen molar-refractivity contribution in [2.45, 2.75) is 26.4 Å². The zero-order chi connectivity index (χ0) is 24.5. The Morgan fingerprint density at radius 2 is 1.76 bits per heavy atom. The van der Waals surface area contributed by atoms with Crippen LogP contribution in [0, 0.1) is 10.1 Å². The first-order chi connectivity index (χ1) is 16.1. The molecule has 0 atom stereocenters. The number of rotatable bonds is 4. The normalized spacial score (nSPS) is 14.2. The van der Waals surface area contributed by atoms with Gasteiger partial charge in [-0.2, -0.15) is 0 Å².